The van der Waals surface area contributed by atoms with Crippen molar-refractivity contribution in [3.63, 3.8) is 0 Å². The Balaban J connectivity index is 1.70. The summed E-state index contributed by atoms with van der Waals surface area (Å²) in [6.45, 7) is 0.443. The molecule has 112 valence electrons. The van der Waals surface area contributed by atoms with Gasteiger partial charge in [-0.2, -0.15) is 0 Å². The van der Waals surface area contributed by atoms with Gasteiger partial charge in [0.15, 0.2) is 0 Å². The molecule has 1 fully saturated rings. The van der Waals surface area contributed by atoms with Crippen molar-refractivity contribution < 1.29 is 9.18 Å². The van der Waals surface area contributed by atoms with Gasteiger partial charge in [0.1, 0.15) is 10.1 Å². The summed E-state index contributed by atoms with van der Waals surface area (Å²) in [5, 5.41) is -0.241. The smallest absolute Gasteiger partial charge is 0.242 e. The lowest BCUT2D eigenvalue weighted by molar-refractivity contribution is -0.126. The molecule has 0 bridgehead atoms. The van der Waals surface area contributed by atoms with Crippen molar-refractivity contribution in [3.05, 3.63) is 65.7 Å². The first-order chi connectivity index (χ1) is 10.6. The standard InChI is InChI=1S/C16H13FN2OS2/c17-13-5-3-11(4-6-13)8-14-15(20)19(16(21)22-14)10-12-2-1-7-18-9-12/h1-7,9,14H,8,10H2/t14-/m0/s1. The van der Waals surface area contributed by atoms with Crippen LogP contribution in [0, 0.1) is 5.82 Å². The van der Waals surface area contributed by atoms with Crippen LogP contribution in [0.2, 0.25) is 0 Å². The summed E-state index contributed by atoms with van der Waals surface area (Å²) < 4.78 is 13.5. The lowest BCUT2D eigenvalue weighted by Crippen LogP contribution is -2.31. The van der Waals surface area contributed by atoms with Gasteiger partial charge < -0.3 is 0 Å². The second-order valence-corrected chi connectivity index (χ2v) is 6.83. The van der Waals surface area contributed by atoms with Crippen LogP contribution in [0.15, 0.2) is 48.8 Å². The molecule has 0 radical (unpaired) electrons. The van der Waals surface area contributed by atoms with E-state index in [1.807, 2.05) is 12.1 Å². The molecule has 0 spiro atoms. The first-order valence-corrected chi connectivity index (χ1v) is 8.07. The molecular formula is C16H13FN2OS2. The number of carbonyl (C=O) groups excluding carboxylic acids is 1. The van der Waals surface area contributed by atoms with Gasteiger partial charge in [-0.15, -0.1) is 0 Å². The highest BCUT2D eigenvalue weighted by Gasteiger charge is 2.36. The Morgan fingerprint density at radius 1 is 1.23 bits per heavy atom. The number of pyridine rings is 1. The molecule has 3 rings (SSSR count). The first kappa shape index (κ1) is 15.1. The number of amides is 1. The van der Waals surface area contributed by atoms with E-state index in [-0.39, 0.29) is 17.0 Å². The molecule has 1 saturated heterocycles. The number of hydrogen-bond donors (Lipinski definition) is 0. The average Bonchev–Trinajstić information content (AvgIpc) is 2.78. The monoisotopic (exact) mass is 332 g/mol. The van der Waals surface area contributed by atoms with Crippen LogP contribution in [0.5, 0.6) is 0 Å². The van der Waals surface area contributed by atoms with E-state index in [0.717, 1.165) is 11.1 Å². The maximum atomic E-state index is 12.9. The molecule has 3 nitrogen and oxygen atoms in total. The van der Waals surface area contributed by atoms with Crippen molar-refractivity contribution in [1.82, 2.24) is 9.88 Å². The molecule has 1 aliphatic rings. The molecule has 1 amide bonds. The van der Waals surface area contributed by atoms with Crippen molar-refractivity contribution in [3.8, 4) is 0 Å². The minimum absolute atomic E-state index is 0.00294. The van der Waals surface area contributed by atoms with Crippen LogP contribution in [0.25, 0.3) is 0 Å². The minimum atomic E-state index is -0.275. The molecule has 0 saturated carbocycles. The highest BCUT2D eigenvalue weighted by Crippen LogP contribution is 2.31. The number of aromatic nitrogens is 1. The normalized spacial score (nSPS) is 18.0. The van der Waals surface area contributed by atoms with Crippen LogP contribution in [0.3, 0.4) is 0 Å². The van der Waals surface area contributed by atoms with Gasteiger partial charge >= 0.3 is 0 Å². The van der Waals surface area contributed by atoms with Gasteiger partial charge in [0.25, 0.3) is 0 Å². The number of rotatable bonds is 4. The van der Waals surface area contributed by atoms with Gasteiger partial charge in [0, 0.05) is 12.4 Å². The molecule has 0 aliphatic carbocycles. The lowest BCUT2D eigenvalue weighted by atomic mass is 10.1. The molecule has 2 aromatic rings. The predicted octanol–water partition coefficient (Wildman–Crippen LogP) is 3.19. The van der Waals surface area contributed by atoms with Crippen LogP contribution in [0.4, 0.5) is 4.39 Å². The highest BCUT2D eigenvalue weighted by atomic mass is 32.2. The van der Waals surface area contributed by atoms with Gasteiger partial charge in [-0.25, -0.2) is 4.39 Å². The summed E-state index contributed by atoms with van der Waals surface area (Å²) >= 11 is 6.71. The fraction of sp³-hybridized carbons (Fsp3) is 0.188. The second-order valence-electron chi connectivity index (χ2n) is 4.99. The molecule has 22 heavy (non-hydrogen) atoms. The molecule has 0 unspecified atom stereocenters. The number of hydrogen-bond acceptors (Lipinski definition) is 4. The van der Waals surface area contributed by atoms with Crippen molar-refractivity contribution in [2.75, 3.05) is 0 Å². The Bertz CT molecular complexity index is 691. The van der Waals surface area contributed by atoms with Crippen LogP contribution in [-0.4, -0.2) is 25.4 Å². The number of halogens is 1. The van der Waals surface area contributed by atoms with Gasteiger partial charge in [0.2, 0.25) is 5.91 Å². The van der Waals surface area contributed by atoms with Crippen LogP contribution < -0.4 is 0 Å². The number of thioether (sulfide) groups is 1. The average molecular weight is 332 g/mol. The molecular weight excluding hydrogens is 319 g/mol. The minimum Gasteiger partial charge on any atom is -0.292 e. The summed E-state index contributed by atoms with van der Waals surface area (Å²) in [5.41, 5.74) is 1.87. The summed E-state index contributed by atoms with van der Waals surface area (Å²) in [7, 11) is 0. The van der Waals surface area contributed by atoms with Crippen LogP contribution in [-0.2, 0) is 17.8 Å². The van der Waals surface area contributed by atoms with Gasteiger partial charge in [0.05, 0.1) is 11.8 Å². The third-order valence-corrected chi connectivity index (χ3v) is 4.99. The Labute approximate surface area is 137 Å². The third kappa shape index (κ3) is 3.34. The number of nitrogens with zero attached hydrogens (tertiary/aromatic N) is 2. The fourth-order valence-electron chi connectivity index (χ4n) is 2.28. The van der Waals surface area contributed by atoms with Crippen molar-refractivity contribution in [1.29, 1.82) is 0 Å². The molecule has 6 heteroatoms. The summed E-state index contributed by atoms with van der Waals surface area (Å²) in [4.78, 5) is 18.2. The Morgan fingerprint density at radius 2 is 2.00 bits per heavy atom. The van der Waals surface area contributed by atoms with Crippen molar-refractivity contribution in [2.45, 2.75) is 18.2 Å². The van der Waals surface area contributed by atoms with Crippen molar-refractivity contribution in [2.24, 2.45) is 0 Å². The van der Waals surface area contributed by atoms with E-state index < -0.39 is 0 Å². The summed E-state index contributed by atoms with van der Waals surface area (Å²) in [6.07, 6.45) is 3.97. The van der Waals surface area contributed by atoms with Gasteiger partial charge in [-0.3, -0.25) is 14.7 Å². The van der Waals surface area contributed by atoms with Crippen LogP contribution in [0.1, 0.15) is 11.1 Å². The third-order valence-electron chi connectivity index (χ3n) is 3.40. The zero-order valence-corrected chi connectivity index (χ0v) is 13.2. The van der Waals surface area contributed by atoms with E-state index >= 15 is 0 Å². The van der Waals surface area contributed by atoms with E-state index in [0.29, 0.717) is 17.3 Å². The molecule has 2 heterocycles. The number of benzene rings is 1. The van der Waals surface area contributed by atoms with E-state index in [4.69, 9.17) is 12.2 Å². The van der Waals surface area contributed by atoms with Crippen molar-refractivity contribution >= 4 is 34.2 Å². The molecule has 0 N–H and O–H groups in total. The Hall–Kier alpha value is -1.79. The van der Waals surface area contributed by atoms with E-state index in [1.54, 1.807) is 29.4 Å². The number of thiocarbonyl (C=S) groups is 1. The first-order valence-electron chi connectivity index (χ1n) is 6.79. The highest BCUT2D eigenvalue weighted by molar-refractivity contribution is 8.24. The lowest BCUT2D eigenvalue weighted by Gasteiger charge is -2.15. The zero-order chi connectivity index (χ0) is 15.5. The summed E-state index contributed by atoms with van der Waals surface area (Å²) in [6, 6.07) is 9.98. The SMILES string of the molecule is O=C1[C@H](Cc2ccc(F)cc2)SC(=S)N1Cc1cccnc1. The van der Waals surface area contributed by atoms with Gasteiger partial charge in [-0.05, 0) is 35.7 Å². The Morgan fingerprint density at radius 3 is 2.68 bits per heavy atom. The zero-order valence-electron chi connectivity index (χ0n) is 11.6. The van der Waals surface area contributed by atoms with E-state index in [9.17, 15) is 9.18 Å². The number of carbonyl (C=O) groups is 1. The quantitative estimate of drug-likeness (QED) is 0.805. The maximum absolute atomic E-state index is 12.9. The Kier molecular flexibility index (Phi) is 4.49. The van der Waals surface area contributed by atoms with Gasteiger partial charge in [-0.1, -0.05) is 42.2 Å². The molecule has 1 aliphatic heterocycles. The second kappa shape index (κ2) is 6.54. The molecule has 1 atom stereocenters. The fourth-order valence-corrected chi connectivity index (χ4v) is 3.81. The van der Waals surface area contributed by atoms with E-state index in [2.05, 4.69) is 4.98 Å². The van der Waals surface area contributed by atoms with E-state index in [1.165, 1.54) is 23.9 Å². The predicted molar refractivity (Wildman–Crippen MR) is 88.9 cm³/mol. The maximum Gasteiger partial charge on any atom is 0.242 e. The summed E-state index contributed by atoms with van der Waals surface area (Å²) in [5.74, 6) is -0.272. The van der Waals surface area contributed by atoms with Crippen LogP contribution >= 0.6 is 24.0 Å². The molecule has 1 aromatic heterocycles. The topological polar surface area (TPSA) is 33.2 Å². The molecule has 1 aromatic carbocycles. The largest absolute Gasteiger partial charge is 0.292 e.